The summed E-state index contributed by atoms with van der Waals surface area (Å²) in [5, 5.41) is 16.4. The van der Waals surface area contributed by atoms with E-state index in [1.54, 1.807) is 0 Å². The van der Waals surface area contributed by atoms with Gasteiger partial charge in [-0.25, -0.2) is 0 Å². The Hall–Kier alpha value is 0.170. The zero-order chi connectivity index (χ0) is 7.84. The predicted octanol–water partition coefficient (Wildman–Crippen LogP) is -0.404. The van der Waals surface area contributed by atoms with E-state index in [1.807, 2.05) is 0 Å². The third-order valence-corrected chi connectivity index (χ3v) is 3.05. The van der Waals surface area contributed by atoms with Gasteiger partial charge in [-0.3, -0.25) is 0 Å². The van der Waals surface area contributed by atoms with Crippen LogP contribution in [0, 0.1) is 11.8 Å². The average Bonchev–Trinajstić information content (AvgIpc) is 2.45. The first-order chi connectivity index (χ1) is 5.29. The van der Waals surface area contributed by atoms with E-state index in [-0.39, 0.29) is 24.6 Å². The molecule has 0 bridgehead atoms. The van der Waals surface area contributed by atoms with Crippen LogP contribution >= 0.6 is 12.4 Å². The van der Waals surface area contributed by atoms with E-state index in [1.165, 1.54) is 0 Å². The van der Waals surface area contributed by atoms with E-state index in [4.69, 9.17) is 0 Å². The van der Waals surface area contributed by atoms with Gasteiger partial charge in [-0.2, -0.15) is 0 Å². The van der Waals surface area contributed by atoms with Crippen LogP contribution in [0.1, 0.15) is 6.92 Å². The van der Waals surface area contributed by atoms with Crippen LogP contribution < -0.4 is 10.6 Å². The van der Waals surface area contributed by atoms with E-state index in [2.05, 4.69) is 17.6 Å². The maximum Gasteiger partial charge on any atom is 0.0734 e. The van der Waals surface area contributed by atoms with Gasteiger partial charge in [0.05, 0.1) is 6.10 Å². The van der Waals surface area contributed by atoms with Crippen LogP contribution in [0.4, 0.5) is 0 Å². The first-order valence-electron chi connectivity index (χ1n) is 4.41. The summed E-state index contributed by atoms with van der Waals surface area (Å²) in [7, 11) is 0. The average molecular weight is 193 g/mol. The largest absolute Gasteiger partial charge is 0.391 e. The predicted molar refractivity (Wildman–Crippen MR) is 50.6 cm³/mol. The summed E-state index contributed by atoms with van der Waals surface area (Å²) in [4.78, 5) is 0. The molecule has 2 rings (SSSR count). The Balaban J connectivity index is 0.000000720. The summed E-state index contributed by atoms with van der Waals surface area (Å²) in [6.45, 7) is 5.19. The highest BCUT2D eigenvalue weighted by Gasteiger charge is 2.38. The maximum absolute atomic E-state index is 9.75. The number of fused-ring (bicyclic) bond motifs is 1. The minimum Gasteiger partial charge on any atom is -0.391 e. The number of hydrogen-bond donors (Lipinski definition) is 3. The molecule has 0 aliphatic carbocycles. The molecule has 2 fully saturated rings. The van der Waals surface area contributed by atoms with Gasteiger partial charge in [0.1, 0.15) is 0 Å². The minimum atomic E-state index is -0.149. The summed E-state index contributed by atoms with van der Waals surface area (Å²) < 4.78 is 0. The highest BCUT2D eigenvalue weighted by Crippen LogP contribution is 2.25. The first kappa shape index (κ1) is 10.3. The lowest BCUT2D eigenvalue weighted by atomic mass is 9.84. The van der Waals surface area contributed by atoms with Gasteiger partial charge in [0.15, 0.2) is 0 Å². The third kappa shape index (κ3) is 1.59. The molecule has 0 aromatic rings. The van der Waals surface area contributed by atoms with Gasteiger partial charge in [-0.1, -0.05) is 0 Å². The van der Waals surface area contributed by atoms with Crippen LogP contribution in [0.25, 0.3) is 0 Å². The fraction of sp³-hybridized carbons (Fsp3) is 1.00. The summed E-state index contributed by atoms with van der Waals surface area (Å²) in [6.07, 6.45) is -0.149. The second-order valence-electron chi connectivity index (χ2n) is 3.77. The second kappa shape index (κ2) is 3.92. The lowest BCUT2D eigenvalue weighted by Gasteiger charge is -2.35. The van der Waals surface area contributed by atoms with Gasteiger partial charge in [0.25, 0.3) is 0 Å². The quantitative estimate of drug-likeness (QED) is 0.490. The van der Waals surface area contributed by atoms with E-state index < -0.39 is 0 Å². The van der Waals surface area contributed by atoms with Crippen LogP contribution in [0.5, 0.6) is 0 Å². The summed E-state index contributed by atoms with van der Waals surface area (Å²) >= 11 is 0. The van der Waals surface area contributed by atoms with Crippen LogP contribution in [0.3, 0.4) is 0 Å². The third-order valence-electron chi connectivity index (χ3n) is 3.05. The number of aliphatic hydroxyl groups excluding tert-OH is 1. The van der Waals surface area contributed by atoms with Crippen LogP contribution in [-0.4, -0.2) is 36.9 Å². The molecule has 3 N–H and O–H groups in total. The monoisotopic (exact) mass is 192 g/mol. The molecule has 2 aliphatic rings. The molecule has 0 saturated carbocycles. The molecule has 2 saturated heterocycles. The Bertz CT molecular complexity index is 156. The smallest absolute Gasteiger partial charge is 0.0734 e. The van der Waals surface area contributed by atoms with Crippen molar-refractivity contribution < 1.29 is 5.11 Å². The van der Waals surface area contributed by atoms with E-state index >= 15 is 0 Å². The Kier molecular flexibility index (Phi) is 3.35. The number of piperidine rings is 1. The fourth-order valence-electron chi connectivity index (χ4n) is 2.21. The lowest BCUT2D eigenvalue weighted by molar-refractivity contribution is 0.0361. The molecular weight excluding hydrogens is 176 g/mol. The van der Waals surface area contributed by atoms with Crippen molar-refractivity contribution in [2.45, 2.75) is 19.1 Å². The van der Waals surface area contributed by atoms with E-state index in [0.717, 1.165) is 19.6 Å². The molecule has 4 atom stereocenters. The van der Waals surface area contributed by atoms with Crippen molar-refractivity contribution in [1.82, 2.24) is 10.6 Å². The van der Waals surface area contributed by atoms with Crippen LogP contribution in [0.15, 0.2) is 0 Å². The zero-order valence-corrected chi connectivity index (χ0v) is 8.10. The molecule has 0 spiro atoms. The van der Waals surface area contributed by atoms with Gasteiger partial charge in [-0.05, 0) is 25.9 Å². The number of nitrogens with one attached hydrogen (secondary N) is 2. The van der Waals surface area contributed by atoms with E-state index in [0.29, 0.717) is 11.8 Å². The Morgan fingerprint density at radius 1 is 1.25 bits per heavy atom. The fourth-order valence-corrected chi connectivity index (χ4v) is 2.21. The Labute approximate surface area is 79.3 Å². The van der Waals surface area contributed by atoms with Crippen molar-refractivity contribution in [3.05, 3.63) is 0 Å². The maximum atomic E-state index is 9.75. The van der Waals surface area contributed by atoms with Crippen molar-refractivity contribution in [3.8, 4) is 0 Å². The van der Waals surface area contributed by atoms with Gasteiger partial charge in [0.2, 0.25) is 0 Å². The molecule has 2 heterocycles. The number of hydrogen-bond acceptors (Lipinski definition) is 3. The molecule has 72 valence electrons. The number of rotatable bonds is 0. The molecule has 0 amide bonds. The van der Waals surface area contributed by atoms with Crippen molar-refractivity contribution in [1.29, 1.82) is 0 Å². The molecular formula is C8H17ClN2O. The number of aliphatic hydroxyl groups is 1. The minimum absolute atomic E-state index is 0. The van der Waals surface area contributed by atoms with Gasteiger partial charge in [0, 0.05) is 18.5 Å². The SMILES string of the molecule is CC1NCC2CNCC2C1O.Cl. The second-order valence-corrected chi connectivity index (χ2v) is 3.77. The normalized spacial score (nSPS) is 46.5. The highest BCUT2D eigenvalue weighted by atomic mass is 35.5. The van der Waals surface area contributed by atoms with Crippen LogP contribution in [-0.2, 0) is 0 Å². The Morgan fingerprint density at radius 2 is 2.00 bits per heavy atom. The van der Waals surface area contributed by atoms with Crippen molar-refractivity contribution in [3.63, 3.8) is 0 Å². The molecule has 4 unspecified atom stereocenters. The van der Waals surface area contributed by atoms with Crippen molar-refractivity contribution in [2.75, 3.05) is 19.6 Å². The molecule has 0 radical (unpaired) electrons. The summed E-state index contributed by atoms with van der Waals surface area (Å²) in [6, 6.07) is 0.274. The molecule has 2 aliphatic heterocycles. The topological polar surface area (TPSA) is 44.3 Å². The lowest BCUT2D eigenvalue weighted by Crippen LogP contribution is -2.52. The van der Waals surface area contributed by atoms with Crippen LogP contribution in [0.2, 0.25) is 0 Å². The Morgan fingerprint density at radius 3 is 2.75 bits per heavy atom. The molecule has 4 heteroatoms. The first-order valence-corrected chi connectivity index (χ1v) is 4.41. The van der Waals surface area contributed by atoms with Gasteiger partial charge in [-0.15, -0.1) is 12.4 Å². The summed E-state index contributed by atoms with van der Waals surface area (Å²) in [5.74, 6) is 1.15. The van der Waals surface area contributed by atoms with E-state index in [9.17, 15) is 5.11 Å². The summed E-state index contributed by atoms with van der Waals surface area (Å²) in [5.41, 5.74) is 0. The highest BCUT2D eigenvalue weighted by molar-refractivity contribution is 5.85. The molecule has 0 aromatic carbocycles. The van der Waals surface area contributed by atoms with Crippen molar-refractivity contribution in [2.24, 2.45) is 11.8 Å². The molecule has 0 aromatic heterocycles. The molecule has 12 heavy (non-hydrogen) atoms. The van der Waals surface area contributed by atoms with Crippen molar-refractivity contribution >= 4 is 12.4 Å². The van der Waals surface area contributed by atoms with Gasteiger partial charge < -0.3 is 15.7 Å². The molecule has 3 nitrogen and oxygen atoms in total. The van der Waals surface area contributed by atoms with Gasteiger partial charge >= 0.3 is 0 Å². The standard InChI is InChI=1S/C8H16N2O.ClH/c1-5-8(11)7-4-9-2-6(7)3-10-5;/h5-11H,2-4H2,1H3;1H. The zero-order valence-electron chi connectivity index (χ0n) is 7.29. The number of halogens is 1.